The van der Waals surface area contributed by atoms with E-state index in [0.717, 1.165) is 12.0 Å². The number of hydrogen-bond acceptors (Lipinski definition) is 3. The van der Waals surface area contributed by atoms with E-state index in [1.54, 1.807) is 22.9 Å². The first-order chi connectivity index (χ1) is 8.16. The maximum atomic E-state index is 5.99. The molecule has 1 aromatic heterocycles. The number of benzene rings is 1. The van der Waals surface area contributed by atoms with Crippen LogP contribution < -0.4 is 10.5 Å². The van der Waals surface area contributed by atoms with E-state index in [4.69, 9.17) is 22.1 Å². The third-order valence-corrected chi connectivity index (χ3v) is 2.69. The van der Waals surface area contributed by atoms with Gasteiger partial charge in [0.25, 0.3) is 0 Å². The number of halogens is 1. The van der Waals surface area contributed by atoms with Crippen LogP contribution in [0.4, 0.5) is 5.69 Å². The highest BCUT2D eigenvalue weighted by Crippen LogP contribution is 2.30. The smallest absolute Gasteiger partial charge is 0.160 e. The second-order valence-corrected chi connectivity index (χ2v) is 4.19. The highest BCUT2D eigenvalue weighted by molar-refractivity contribution is 6.32. The summed E-state index contributed by atoms with van der Waals surface area (Å²) in [7, 11) is 1.89. The summed E-state index contributed by atoms with van der Waals surface area (Å²) < 4.78 is 7.35. The second kappa shape index (κ2) is 5.10. The summed E-state index contributed by atoms with van der Waals surface area (Å²) in [6.07, 6.45) is 4.55. The summed E-state index contributed by atoms with van der Waals surface area (Å²) in [5.41, 5.74) is 7.46. The van der Waals surface area contributed by atoms with Crippen LogP contribution in [0.2, 0.25) is 5.02 Å². The third kappa shape index (κ3) is 2.91. The first-order valence-electron chi connectivity index (χ1n) is 5.31. The Morgan fingerprint density at radius 3 is 2.94 bits per heavy atom. The van der Waals surface area contributed by atoms with Gasteiger partial charge in [0.15, 0.2) is 5.75 Å². The molecule has 0 saturated carbocycles. The summed E-state index contributed by atoms with van der Waals surface area (Å²) in [5, 5.41) is 4.63. The molecular weight excluding hydrogens is 238 g/mol. The zero-order chi connectivity index (χ0) is 12.3. The Hall–Kier alpha value is -1.68. The molecule has 0 unspecified atom stereocenters. The van der Waals surface area contributed by atoms with Crippen molar-refractivity contribution in [1.29, 1.82) is 0 Å². The topological polar surface area (TPSA) is 53.1 Å². The van der Waals surface area contributed by atoms with Crippen molar-refractivity contribution >= 4 is 17.3 Å². The Labute approximate surface area is 105 Å². The molecule has 5 heteroatoms. The Morgan fingerprint density at radius 2 is 2.29 bits per heavy atom. The van der Waals surface area contributed by atoms with Crippen molar-refractivity contribution in [1.82, 2.24) is 9.78 Å². The van der Waals surface area contributed by atoms with Crippen LogP contribution in [0.1, 0.15) is 5.56 Å². The van der Waals surface area contributed by atoms with E-state index in [0.29, 0.717) is 23.1 Å². The third-order valence-electron chi connectivity index (χ3n) is 2.39. The van der Waals surface area contributed by atoms with Crippen molar-refractivity contribution in [3.8, 4) is 5.75 Å². The molecule has 0 fully saturated rings. The molecule has 0 aliphatic rings. The molecule has 0 saturated heterocycles. The number of nitrogens with two attached hydrogens (primary N) is 1. The molecule has 2 rings (SSSR count). The number of hydrogen-bond donors (Lipinski definition) is 1. The maximum Gasteiger partial charge on any atom is 0.160 e. The minimum Gasteiger partial charge on any atom is -0.490 e. The van der Waals surface area contributed by atoms with Gasteiger partial charge in [-0.25, -0.2) is 0 Å². The molecule has 0 aliphatic heterocycles. The number of nitrogen functional groups attached to an aromatic ring is 1. The van der Waals surface area contributed by atoms with Gasteiger partial charge in [-0.2, -0.15) is 5.10 Å². The molecule has 0 bridgehead atoms. The number of nitrogens with zero attached hydrogens (tertiary/aromatic N) is 2. The summed E-state index contributed by atoms with van der Waals surface area (Å²) in [6.45, 7) is 0.527. The van der Waals surface area contributed by atoms with Crippen LogP contribution in [-0.4, -0.2) is 16.4 Å². The molecule has 90 valence electrons. The molecule has 17 heavy (non-hydrogen) atoms. The zero-order valence-corrected chi connectivity index (χ0v) is 10.3. The van der Waals surface area contributed by atoms with E-state index in [-0.39, 0.29) is 0 Å². The van der Waals surface area contributed by atoms with Gasteiger partial charge in [0.1, 0.15) is 0 Å². The SMILES string of the molecule is Cn1cc(CCOc2c(N)cccc2Cl)cn1. The predicted molar refractivity (Wildman–Crippen MR) is 68.3 cm³/mol. The van der Waals surface area contributed by atoms with Gasteiger partial charge in [0.05, 0.1) is 23.5 Å². The fourth-order valence-electron chi connectivity index (χ4n) is 1.55. The lowest BCUT2D eigenvalue weighted by Gasteiger charge is -2.09. The summed E-state index contributed by atoms with van der Waals surface area (Å²) >= 11 is 5.99. The fraction of sp³-hybridized carbons (Fsp3) is 0.250. The van der Waals surface area contributed by atoms with Gasteiger partial charge in [-0.05, 0) is 17.7 Å². The molecule has 1 heterocycles. The highest BCUT2D eigenvalue weighted by atomic mass is 35.5. The average Bonchev–Trinajstić information content (AvgIpc) is 2.69. The number of ether oxygens (including phenoxy) is 1. The summed E-state index contributed by atoms with van der Waals surface area (Å²) in [6, 6.07) is 5.33. The van der Waals surface area contributed by atoms with Crippen molar-refractivity contribution in [3.63, 3.8) is 0 Å². The van der Waals surface area contributed by atoms with Gasteiger partial charge in [0.2, 0.25) is 0 Å². The first kappa shape index (κ1) is 11.8. The normalized spacial score (nSPS) is 10.5. The lowest BCUT2D eigenvalue weighted by atomic mass is 10.2. The van der Waals surface area contributed by atoms with Crippen molar-refractivity contribution in [2.75, 3.05) is 12.3 Å². The van der Waals surface area contributed by atoms with Gasteiger partial charge in [0, 0.05) is 19.7 Å². The Kier molecular flexibility index (Phi) is 3.54. The maximum absolute atomic E-state index is 5.99. The van der Waals surface area contributed by atoms with E-state index in [9.17, 15) is 0 Å². The predicted octanol–water partition coefficient (Wildman–Crippen LogP) is 2.28. The van der Waals surface area contributed by atoms with E-state index >= 15 is 0 Å². The Bertz CT molecular complexity index is 490. The molecule has 2 N–H and O–H groups in total. The minimum atomic E-state index is 0.527. The summed E-state index contributed by atoms with van der Waals surface area (Å²) in [5.74, 6) is 0.554. The van der Waals surface area contributed by atoms with Crippen LogP contribution >= 0.6 is 11.6 Å². The lowest BCUT2D eigenvalue weighted by molar-refractivity contribution is 0.324. The fourth-order valence-corrected chi connectivity index (χ4v) is 1.79. The van der Waals surface area contributed by atoms with E-state index in [1.165, 1.54) is 0 Å². The largest absolute Gasteiger partial charge is 0.490 e. The van der Waals surface area contributed by atoms with Crippen LogP contribution in [0.3, 0.4) is 0 Å². The van der Waals surface area contributed by atoms with Gasteiger partial charge in [-0.15, -0.1) is 0 Å². The Balaban J connectivity index is 1.94. The molecule has 2 aromatic rings. The average molecular weight is 252 g/mol. The minimum absolute atomic E-state index is 0.527. The van der Waals surface area contributed by atoms with Gasteiger partial charge in [-0.3, -0.25) is 4.68 Å². The van der Waals surface area contributed by atoms with Crippen LogP contribution in [-0.2, 0) is 13.5 Å². The van der Waals surface area contributed by atoms with E-state index in [1.807, 2.05) is 19.4 Å². The second-order valence-electron chi connectivity index (χ2n) is 3.78. The van der Waals surface area contributed by atoms with E-state index < -0.39 is 0 Å². The quantitative estimate of drug-likeness (QED) is 0.849. The van der Waals surface area contributed by atoms with Gasteiger partial charge >= 0.3 is 0 Å². The number of para-hydroxylation sites is 1. The number of aryl methyl sites for hydroxylation is 1. The first-order valence-corrected chi connectivity index (χ1v) is 5.69. The van der Waals surface area contributed by atoms with E-state index in [2.05, 4.69) is 5.10 Å². The van der Waals surface area contributed by atoms with Crippen LogP contribution in [0.25, 0.3) is 0 Å². The Morgan fingerprint density at radius 1 is 1.47 bits per heavy atom. The number of anilines is 1. The molecule has 0 radical (unpaired) electrons. The van der Waals surface area contributed by atoms with Crippen molar-refractivity contribution < 1.29 is 4.74 Å². The van der Waals surface area contributed by atoms with Gasteiger partial charge in [-0.1, -0.05) is 17.7 Å². The van der Waals surface area contributed by atoms with Crippen molar-refractivity contribution in [3.05, 3.63) is 41.2 Å². The molecule has 0 amide bonds. The lowest BCUT2D eigenvalue weighted by Crippen LogP contribution is -2.03. The zero-order valence-electron chi connectivity index (χ0n) is 9.56. The van der Waals surface area contributed by atoms with Crippen molar-refractivity contribution in [2.24, 2.45) is 7.05 Å². The highest BCUT2D eigenvalue weighted by Gasteiger charge is 2.05. The molecule has 0 spiro atoms. The standard InChI is InChI=1S/C12H14ClN3O/c1-16-8-9(7-15-16)5-6-17-12-10(13)3-2-4-11(12)14/h2-4,7-8H,5-6,14H2,1H3. The number of rotatable bonds is 4. The molecule has 1 aromatic carbocycles. The van der Waals surface area contributed by atoms with Crippen LogP contribution in [0.5, 0.6) is 5.75 Å². The molecule has 0 aliphatic carbocycles. The van der Waals surface area contributed by atoms with Gasteiger partial charge < -0.3 is 10.5 Å². The molecule has 0 atom stereocenters. The molecule has 4 nitrogen and oxygen atoms in total. The van der Waals surface area contributed by atoms with Crippen LogP contribution in [0.15, 0.2) is 30.6 Å². The summed E-state index contributed by atoms with van der Waals surface area (Å²) in [4.78, 5) is 0. The van der Waals surface area contributed by atoms with Crippen LogP contribution in [0, 0.1) is 0 Å². The van der Waals surface area contributed by atoms with Crippen molar-refractivity contribution in [2.45, 2.75) is 6.42 Å². The monoisotopic (exact) mass is 251 g/mol. The number of aromatic nitrogens is 2. The molecular formula is C12H14ClN3O.